The van der Waals surface area contributed by atoms with E-state index in [1.165, 1.54) is 20.1 Å². The maximum Gasteiger partial charge on any atom is 0.309 e. The summed E-state index contributed by atoms with van der Waals surface area (Å²) in [6.45, 7) is 13.4. The van der Waals surface area contributed by atoms with Gasteiger partial charge in [0.2, 0.25) is 0 Å². The van der Waals surface area contributed by atoms with Gasteiger partial charge in [0.25, 0.3) is 0 Å². The Kier molecular flexibility index (Phi) is 17.6. The molecule has 4 aliphatic heterocycles. The van der Waals surface area contributed by atoms with E-state index >= 15 is 0 Å². The number of aliphatic hydroxyl groups is 2. The van der Waals surface area contributed by atoms with Gasteiger partial charge in [-0.3, -0.25) is 19.2 Å². The van der Waals surface area contributed by atoms with Crippen molar-refractivity contribution < 1.29 is 76.8 Å². The quantitative estimate of drug-likeness (QED) is 0.125. The molecule has 3 fully saturated rings. The zero-order chi connectivity index (χ0) is 43.9. The molecular weight excluding hydrogens is 774 g/mol. The molecular formula is C42H67NO16. The first-order valence-corrected chi connectivity index (χ1v) is 20.7. The summed E-state index contributed by atoms with van der Waals surface area (Å²) < 4.78 is 54.2. The van der Waals surface area contributed by atoms with Crippen molar-refractivity contribution in [1.29, 1.82) is 0 Å². The van der Waals surface area contributed by atoms with Crippen molar-refractivity contribution >= 4 is 30.0 Å². The number of epoxide rings is 1. The molecule has 59 heavy (non-hydrogen) atoms. The molecule has 336 valence electrons. The Morgan fingerprint density at radius 3 is 2.29 bits per heavy atom. The number of hydrogen-bond donors (Lipinski definition) is 2. The fourth-order valence-electron chi connectivity index (χ4n) is 8.51. The molecule has 0 aromatic rings. The molecule has 17 nitrogen and oxygen atoms in total. The third kappa shape index (κ3) is 13.3. The minimum atomic E-state index is -1.51. The van der Waals surface area contributed by atoms with Gasteiger partial charge in [-0.2, -0.15) is 0 Å². The largest absolute Gasteiger partial charge is 0.462 e. The molecule has 4 aliphatic rings. The molecule has 0 aliphatic carbocycles. The molecule has 17 atom stereocenters. The van der Waals surface area contributed by atoms with Crippen LogP contribution in [0.1, 0.15) is 93.9 Å². The molecule has 2 N–H and O–H groups in total. The highest BCUT2D eigenvalue weighted by Gasteiger charge is 2.53. The summed E-state index contributed by atoms with van der Waals surface area (Å²) >= 11 is 0. The molecule has 0 spiro atoms. The molecule has 4 heterocycles. The highest BCUT2D eigenvalue weighted by Crippen LogP contribution is 2.38. The lowest BCUT2D eigenvalue weighted by molar-refractivity contribution is -0.344. The third-order valence-electron chi connectivity index (χ3n) is 11.4. The minimum absolute atomic E-state index is 0.0551. The van der Waals surface area contributed by atoms with Crippen molar-refractivity contribution in [3.63, 3.8) is 0 Å². The van der Waals surface area contributed by atoms with Gasteiger partial charge in [-0.1, -0.05) is 20.8 Å². The SMILES string of the molecule is CO[C@@H]1[C@@H](O[C@@H]2O[C@H](C)[C@@H](O[C@H]3C[C@@](C)(O)[C@@H](OC(=O)CC(C)C)[C@H](C)O3)[C@H](N(C)C)[C@H]2O)[C@H](CC=O)C[C@H](C)C(=O)/C=C/[C@@H]2O[C@@H]2C[C@@H](C)OC(=O)C[C@H]1OC(C)=O. The second kappa shape index (κ2) is 21.3. The number of rotatable bonds is 12. The zero-order valence-electron chi connectivity index (χ0n) is 36.3. The first kappa shape index (κ1) is 48.8. The smallest absolute Gasteiger partial charge is 0.309 e. The van der Waals surface area contributed by atoms with E-state index in [1.807, 2.05) is 13.8 Å². The van der Waals surface area contributed by atoms with Gasteiger partial charge in [-0.15, -0.1) is 0 Å². The van der Waals surface area contributed by atoms with Gasteiger partial charge in [-0.05, 0) is 72.2 Å². The monoisotopic (exact) mass is 841 g/mol. The summed E-state index contributed by atoms with van der Waals surface area (Å²) in [5, 5.41) is 23.5. The summed E-state index contributed by atoms with van der Waals surface area (Å²) in [6, 6.07) is -0.800. The van der Waals surface area contributed by atoms with Crippen LogP contribution in [0.2, 0.25) is 0 Å². The maximum absolute atomic E-state index is 13.4. The summed E-state index contributed by atoms with van der Waals surface area (Å²) in [5.41, 5.74) is -1.51. The van der Waals surface area contributed by atoms with Crippen molar-refractivity contribution in [1.82, 2.24) is 4.90 Å². The van der Waals surface area contributed by atoms with E-state index in [2.05, 4.69) is 0 Å². The van der Waals surface area contributed by atoms with Crippen LogP contribution < -0.4 is 0 Å². The van der Waals surface area contributed by atoms with E-state index in [9.17, 15) is 34.2 Å². The Balaban J connectivity index is 1.64. The number of aliphatic hydroxyl groups excluding tert-OH is 1. The molecule has 0 saturated carbocycles. The van der Waals surface area contributed by atoms with Crippen LogP contribution in [0.5, 0.6) is 0 Å². The van der Waals surface area contributed by atoms with Crippen LogP contribution in [-0.4, -0.2) is 158 Å². The first-order chi connectivity index (χ1) is 27.6. The Labute approximate surface area is 347 Å². The predicted molar refractivity (Wildman–Crippen MR) is 208 cm³/mol. The fourth-order valence-corrected chi connectivity index (χ4v) is 8.51. The summed E-state index contributed by atoms with van der Waals surface area (Å²) in [4.78, 5) is 65.8. The fraction of sp³-hybridized carbons (Fsp3) is 0.833. The number of esters is 3. The van der Waals surface area contributed by atoms with Gasteiger partial charge in [0.05, 0.1) is 36.9 Å². The number of carbonyl (C=O) groups excluding carboxylic acids is 5. The molecule has 0 amide bonds. The second-order valence-electron chi connectivity index (χ2n) is 17.5. The van der Waals surface area contributed by atoms with Crippen LogP contribution in [0, 0.1) is 17.8 Å². The number of carbonyl (C=O) groups is 5. The normalized spacial score (nSPS) is 41.7. The Hall–Kier alpha value is -2.87. The zero-order valence-corrected chi connectivity index (χ0v) is 36.3. The number of ketones is 1. The maximum atomic E-state index is 13.4. The third-order valence-corrected chi connectivity index (χ3v) is 11.4. The van der Waals surface area contributed by atoms with E-state index < -0.39 is 115 Å². The van der Waals surface area contributed by atoms with Gasteiger partial charge in [0.1, 0.15) is 48.5 Å². The van der Waals surface area contributed by atoms with E-state index in [0.29, 0.717) is 12.7 Å². The van der Waals surface area contributed by atoms with Gasteiger partial charge in [0, 0.05) is 45.6 Å². The number of aldehydes is 1. The van der Waals surface area contributed by atoms with Crippen molar-refractivity contribution in [2.75, 3.05) is 21.2 Å². The number of likely N-dealkylation sites (N-methyl/N-ethyl adjacent to an activating group) is 1. The van der Waals surface area contributed by atoms with Crippen LogP contribution in [0.4, 0.5) is 0 Å². The molecule has 0 bridgehead atoms. The van der Waals surface area contributed by atoms with Crippen molar-refractivity contribution in [3.05, 3.63) is 12.2 Å². The number of ether oxygens (including phenoxy) is 9. The molecule has 3 saturated heterocycles. The lowest BCUT2D eigenvalue weighted by Gasteiger charge is -2.50. The summed E-state index contributed by atoms with van der Waals surface area (Å²) in [6.07, 6.45) is -7.99. The van der Waals surface area contributed by atoms with Crippen LogP contribution >= 0.6 is 0 Å². The first-order valence-electron chi connectivity index (χ1n) is 20.7. The number of nitrogens with zero attached hydrogens (tertiary/aromatic N) is 1. The van der Waals surface area contributed by atoms with Crippen molar-refractivity contribution in [2.24, 2.45) is 17.8 Å². The Morgan fingerprint density at radius 1 is 1.00 bits per heavy atom. The lowest BCUT2D eigenvalue weighted by atomic mass is 9.83. The Morgan fingerprint density at radius 2 is 1.69 bits per heavy atom. The topological polar surface area (TPSA) is 215 Å². The van der Waals surface area contributed by atoms with Gasteiger partial charge in [0.15, 0.2) is 24.5 Å². The second-order valence-corrected chi connectivity index (χ2v) is 17.5. The van der Waals surface area contributed by atoms with Crippen molar-refractivity contribution in [2.45, 2.75) is 185 Å². The lowest BCUT2D eigenvalue weighted by Crippen LogP contribution is -2.66. The number of cyclic esters (lactones) is 1. The van der Waals surface area contributed by atoms with Crippen LogP contribution in [0.3, 0.4) is 0 Å². The van der Waals surface area contributed by atoms with Crippen LogP contribution in [0.15, 0.2) is 12.2 Å². The predicted octanol–water partition coefficient (Wildman–Crippen LogP) is 2.43. The average molecular weight is 842 g/mol. The number of allylic oxidation sites excluding steroid dienone is 1. The minimum Gasteiger partial charge on any atom is -0.462 e. The van der Waals surface area contributed by atoms with Crippen LogP contribution in [0.25, 0.3) is 0 Å². The summed E-state index contributed by atoms with van der Waals surface area (Å²) in [7, 11) is 4.82. The molecule has 17 heteroatoms. The van der Waals surface area contributed by atoms with E-state index in [1.54, 1.807) is 59.7 Å². The standard InChI is InChI=1S/C42H67NO16/c1-21(2)16-32(47)57-40-25(6)53-34(20-42(40,8)50)58-37-24(5)54-41(36(49)35(37)43(9)10)59-38-27(14-15-44)17-22(3)28(46)12-13-29-30(56-29)18-23(4)52-33(48)19-31(39(38)51-11)55-26(7)45/h12-13,15,21-25,27,29-31,34-41,49-50H,14,16-20H2,1-11H3/b13-12+/t22-,23+,24+,25-,27+,29-,30+,31+,34-,35+,36+,37+,38-,39-,40-,41-,42+/m0/s1. The van der Waals surface area contributed by atoms with E-state index in [4.69, 9.17) is 42.6 Å². The van der Waals surface area contributed by atoms with Gasteiger partial charge >= 0.3 is 17.9 Å². The Bertz CT molecular complexity index is 1470. The highest BCUT2D eigenvalue weighted by atomic mass is 16.7. The average Bonchev–Trinajstić information content (AvgIpc) is 3.85. The molecule has 0 aromatic heterocycles. The number of fused-ring (bicyclic) bond motifs is 1. The van der Waals surface area contributed by atoms with Gasteiger partial charge in [-0.25, -0.2) is 0 Å². The molecule has 4 rings (SSSR count). The number of hydrogen-bond acceptors (Lipinski definition) is 17. The molecule has 0 aromatic carbocycles. The highest BCUT2D eigenvalue weighted by molar-refractivity contribution is 5.91. The van der Waals surface area contributed by atoms with Crippen LogP contribution in [-0.2, 0) is 66.6 Å². The molecule has 0 unspecified atom stereocenters. The van der Waals surface area contributed by atoms with E-state index in [0.717, 1.165) is 0 Å². The van der Waals surface area contributed by atoms with Crippen molar-refractivity contribution in [3.8, 4) is 0 Å². The van der Waals surface area contributed by atoms with Gasteiger partial charge < -0.3 is 62.5 Å². The number of methoxy groups -OCH3 is 1. The summed E-state index contributed by atoms with van der Waals surface area (Å²) in [5.74, 6) is -3.35. The van der Waals surface area contributed by atoms with E-state index in [-0.39, 0.29) is 49.6 Å². The molecule has 0 radical (unpaired) electrons.